The SMILES string of the molecule is CC(C)C1COCC1N1CCC(c2cc3nc(Nc4cnn(C5CC5)c4Cl)ncc3cc2Cl)CC1. The molecule has 6 rings (SSSR count). The van der Waals surface area contributed by atoms with E-state index in [1.165, 1.54) is 5.56 Å². The smallest absolute Gasteiger partial charge is 0.227 e. The average Bonchev–Trinajstić information content (AvgIpc) is 3.45. The second-order valence-corrected chi connectivity index (χ2v) is 11.4. The number of likely N-dealkylation sites (tertiary alicyclic amines) is 1. The molecule has 4 heterocycles. The van der Waals surface area contributed by atoms with Crippen molar-refractivity contribution >= 4 is 45.7 Å². The maximum absolute atomic E-state index is 6.76. The summed E-state index contributed by atoms with van der Waals surface area (Å²) in [5.74, 6) is 2.22. The number of fused-ring (bicyclic) bond motifs is 1. The van der Waals surface area contributed by atoms with E-state index in [1.807, 2.05) is 16.9 Å². The molecule has 1 saturated carbocycles. The highest BCUT2D eigenvalue weighted by molar-refractivity contribution is 6.32. The minimum Gasteiger partial charge on any atom is -0.379 e. The minimum absolute atomic E-state index is 0.421. The number of nitrogens with zero attached hydrogens (tertiary/aromatic N) is 5. The molecule has 3 aliphatic rings. The van der Waals surface area contributed by atoms with Crippen molar-refractivity contribution in [1.29, 1.82) is 0 Å². The summed E-state index contributed by atoms with van der Waals surface area (Å²) in [7, 11) is 0. The zero-order valence-corrected chi connectivity index (χ0v) is 21.8. The molecule has 2 saturated heterocycles. The second-order valence-electron chi connectivity index (χ2n) is 10.6. The number of benzene rings is 1. The summed E-state index contributed by atoms with van der Waals surface area (Å²) in [6, 6.07) is 5.11. The predicted molar refractivity (Wildman–Crippen MR) is 140 cm³/mol. The second kappa shape index (κ2) is 9.51. The Morgan fingerprint density at radius 3 is 2.60 bits per heavy atom. The van der Waals surface area contributed by atoms with Crippen molar-refractivity contribution in [2.75, 3.05) is 31.6 Å². The van der Waals surface area contributed by atoms with Crippen LogP contribution in [0.15, 0.2) is 24.5 Å². The summed E-state index contributed by atoms with van der Waals surface area (Å²) in [6.07, 6.45) is 8.01. The third-order valence-corrected chi connectivity index (χ3v) is 8.66. The van der Waals surface area contributed by atoms with Crippen LogP contribution in [0.1, 0.15) is 57.1 Å². The Morgan fingerprint density at radius 1 is 1.06 bits per heavy atom. The van der Waals surface area contributed by atoms with E-state index < -0.39 is 0 Å². The standard InChI is InChI=1S/C26H32Cl2N6O/c1-15(2)20-13-35-14-24(20)33-7-5-16(6-8-33)19-10-22-17(9-21(19)27)11-29-26(31-22)32-23-12-30-34(25(23)28)18-3-4-18/h9-12,15-16,18,20,24H,3-8,13-14H2,1-2H3,(H,29,31,32). The van der Waals surface area contributed by atoms with Crippen LogP contribution in [0.2, 0.25) is 10.2 Å². The van der Waals surface area contributed by atoms with Gasteiger partial charge in [0.1, 0.15) is 0 Å². The number of anilines is 2. The lowest BCUT2D eigenvalue weighted by atomic mass is 9.85. The maximum Gasteiger partial charge on any atom is 0.227 e. The van der Waals surface area contributed by atoms with Crippen molar-refractivity contribution < 1.29 is 4.74 Å². The van der Waals surface area contributed by atoms with E-state index in [4.69, 9.17) is 32.9 Å². The molecule has 7 nitrogen and oxygen atoms in total. The predicted octanol–water partition coefficient (Wildman–Crippen LogP) is 6.06. The molecule has 186 valence electrons. The molecule has 2 aromatic heterocycles. The van der Waals surface area contributed by atoms with Gasteiger partial charge in [-0.05, 0) is 68.3 Å². The molecule has 3 aromatic rings. The molecule has 2 aliphatic heterocycles. The Hall–Kier alpha value is -1.93. The van der Waals surface area contributed by atoms with Gasteiger partial charge in [0.2, 0.25) is 5.95 Å². The highest BCUT2D eigenvalue weighted by atomic mass is 35.5. The minimum atomic E-state index is 0.421. The van der Waals surface area contributed by atoms with Crippen LogP contribution in [-0.4, -0.2) is 57.0 Å². The van der Waals surface area contributed by atoms with Crippen LogP contribution in [0, 0.1) is 11.8 Å². The van der Waals surface area contributed by atoms with Crippen molar-refractivity contribution in [1.82, 2.24) is 24.6 Å². The van der Waals surface area contributed by atoms with Crippen LogP contribution in [-0.2, 0) is 4.74 Å². The van der Waals surface area contributed by atoms with Gasteiger partial charge in [0.15, 0.2) is 5.15 Å². The maximum atomic E-state index is 6.76. The van der Waals surface area contributed by atoms with Crippen LogP contribution < -0.4 is 5.32 Å². The highest BCUT2D eigenvalue weighted by Crippen LogP contribution is 2.40. The molecule has 1 N–H and O–H groups in total. The third-order valence-electron chi connectivity index (χ3n) is 7.96. The Balaban J connectivity index is 1.18. The topological polar surface area (TPSA) is 68.1 Å². The lowest BCUT2D eigenvalue weighted by Gasteiger charge is -2.39. The molecule has 9 heteroatoms. The quantitative estimate of drug-likeness (QED) is 0.430. The molecule has 2 unspecified atom stereocenters. The molecule has 3 fully saturated rings. The Bertz CT molecular complexity index is 1220. The fourth-order valence-electron chi connectivity index (χ4n) is 5.68. The highest BCUT2D eigenvalue weighted by Gasteiger charge is 2.37. The first kappa shape index (κ1) is 23.5. The van der Waals surface area contributed by atoms with Gasteiger partial charge in [0.05, 0.1) is 36.7 Å². The van der Waals surface area contributed by atoms with Crippen LogP contribution >= 0.6 is 23.2 Å². The van der Waals surface area contributed by atoms with Crippen molar-refractivity contribution in [3.8, 4) is 0 Å². The van der Waals surface area contributed by atoms with Gasteiger partial charge in [-0.15, -0.1) is 0 Å². The van der Waals surface area contributed by atoms with Gasteiger partial charge in [0, 0.05) is 28.6 Å². The van der Waals surface area contributed by atoms with E-state index in [2.05, 4.69) is 40.2 Å². The molecule has 1 aliphatic carbocycles. The molecular formula is C26H32Cl2N6O. The molecule has 0 bridgehead atoms. The number of nitrogens with one attached hydrogen (secondary N) is 1. The van der Waals surface area contributed by atoms with Gasteiger partial charge in [-0.1, -0.05) is 37.0 Å². The number of ether oxygens (including phenoxy) is 1. The fourth-order valence-corrected chi connectivity index (χ4v) is 6.28. The lowest BCUT2D eigenvalue weighted by Crippen LogP contribution is -2.45. The van der Waals surface area contributed by atoms with Gasteiger partial charge < -0.3 is 10.1 Å². The summed E-state index contributed by atoms with van der Waals surface area (Å²) in [5.41, 5.74) is 2.81. The number of hydrogen-bond acceptors (Lipinski definition) is 6. The zero-order chi connectivity index (χ0) is 24.1. The molecule has 0 amide bonds. The molecule has 1 aromatic carbocycles. The van der Waals surface area contributed by atoms with Crippen molar-refractivity contribution in [2.24, 2.45) is 11.8 Å². The molecular weight excluding hydrogens is 483 g/mol. The Morgan fingerprint density at radius 2 is 1.86 bits per heavy atom. The summed E-state index contributed by atoms with van der Waals surface area (Å²) in [4.78, 5) is 11.9. The third kappa shape index (κ3) is 4.64. The van der Waals surface area contributed by atoms with E-state index in [9.17, 15) is 0 Å². The lowest BCUT2D eigenvalue weighted by molar-refractivity contribution is 0.108. The van der Waals surface area contributed by atoms with Gasteiger partial charge in [-0.25, -0.2) is 14.6 Å². The first-order chi connectivity index (χ1) is 17.0. The summed E-state index contributed by atoms with van der Waals surface area (Å²) in [6.45, 7) is 8.53. The molecule has 35 heavy (non-hydrogen) atoms. The van der Waals surface area contributed by atoms with Crippen molar-refractivity contribution in [3.05, 3.63) is 40.3 Å². The average molecular weight is 515 g/mol. The van der Waals surface area contributed by atoms with Gasteiger partial charge in [-0.2, -0.15) is 5.10 Å². The zero-order valence-electron chi connectivity index (χ0n) is 20.3. The van der Waals surface area contributed by atoms with Gasteiger partial charge in [0.25, 0.3) is 0 Å². The van der Waals surface area contributed by atoms with Crippen LogP contribution in [0.3, 0.4) is 0 Å². The molecule has 0 radical (unpaired) electrons. The number of piperidine rings is 1. The van der Waals surface area contributed by atoms with Crippen LogP contribution in [0.25, 0.3) is 10.9 Å². The number of hydrogen-bond donors (Lipinski definition) is 1. The van der Waals surface area contributed by atoms with E-state index in [0.29, 0.717) is 40.9 Å². The van der Waals surface area contributed by atoms with Crippen molar-refractivity contribution in [2.45, 2.75) is 57.5 Å². The number of rotatable bonds is 6. The van der Waals surface area contributed by atoms with E-state index >= 15 is 0 Å². The fraction of sp³-hybridized carbons (Fsp3) is 0.577. The van der Waals surface area contributed by atoms with Crippen LogP contribution in [0.4, 0.5) is 11.6 Å². The van der Waals surface area contributed by atoms with E-state index in [1.54, 1.807) is 6.20 Å². The number of halogens is 2. The Kier molecular flexibility index (Phi) is 6.37. The van der Waals surface area contributed by atoms with E-state index in [-0.39, 0.29) is 0 Å². The first-order valence-electron chi connectivity index (χ1n) is 12.8. The summed E-state index contributed by atoms with van der Waals surface area (Å²) >= 11 is 13.3. The van der Waals surface area contributed by atoms with Crippen LogP contribution in [0.5, 0.6) is 0 Å². The van der Waals surface area contributed by atoms with Gasteiger partial charge >= 0.3 is 0 Å². The first-order valence-corrected chi connectivity index (χ1v) is 13.5. The summed E-state index contributed by atoms with van der Waals surface area (Å²) < 4.78 is 7.72. The largest absolute Gasteiger partial charge is 0.379 e. The van der Waals surface area contributed by atoms with Gasteiger partial charge in [-0.3, -0.25) is 4.90 Å². The van der Waals surface area contributed by atoms with E-state index in [0.717, 1.165) is 73.6 Å². The Labute approximate surface area is 216 Å². The number of aromatic nitrogens is 4. The van der Waals surface area contributed by atoms with Crippen molar-refractivity contribution in [3.63, 3.8) is 0 Å². The normalized spacial score (nSPS) is 24.0. The monoisotopic (exact) mass is 514 g/mol. The molecule has 2 atom stereocenters. The molecule has 0 spiro atoms. The summed E-state index contributed by atoms with van der Waals surface area (Å²) in [5, 5.41) is 9.99.